The molecule has 1 aliphatic heterocycles. The molecule has 2 N–H and O–H groups in total. The summed E-state index contributed by atoms with van der Waals surface area (Å²) in [7, 11) is 0. The predicted molar refractivity (Wildman–Crippen MR) is 60.3 cm³/mol. The van der Waals surface area contributed by atoms with Gasteiger partial charge in [0.25, 0.3) is 0 Å². The van der Waals surface area contributed by atoms with Gasteiger partial charge in [0.05, 0.1) is 0 Å². The normalized spacial score (nSPS) is 16.2. The maximum absolute atomic E-state index is 11.2. The summed E-state index contributed by atoms with van der Waals surface area (Å²) in [6, 6.07) is 0. The van der Waals surface area contributed by atoms with E-state index < -0.39 is 0 Å². The average Bonchev–Trinajstić information content (AvgIpc) is 2.55. The first-order valence-electron chi connectivity index (χ1n) is 5.44. The number of carbonyl (C=O) groups excluding carboxylic acids is 1. The number of hydrogen-bond donors (Lipinski definition) is 2. The van der Waals surface area contributed by atoms with E-state index >= 15 is 0 Å². The Kier molecular flexibility index (Phi) is 2.43. The lowest BCUT2D eigenvalue weighted by Crippen LogP contribution is -2.23. The van der Waals surface area contributed by atoms with E-state index in [1.165, 1.54) is 11.3 Å². The summed E-state index contributed by atoms with van der Waals surface area (Å²) < 4.78 is 0. The molecule has 0 fully saturated rings. The van der Waals surface area contributed by atoms with Gasteiger partial charge in [-0.3, -0.25) is 4.79 Å². The van der Waals surface area contributed by atoms with E-state index in [0.717, 1.165) is 37.1 Å². The number of fused-ring (bicyclic) bond motifs is 1. The van der Waals surface area contributed by atoms with Gasteiger partial charge in [-0.15, -0.1) is 0 Å². The van der Waals surface area contributed by atoms with Crippen LogP contribution in [0.5, 0.6) is 0 Å². The van der Waals surface area contributed by atoms with Gasteiger partial charge < -0.3 is 10.3 Å². The largest absolute Gasteiger partial charge is 0.361 e. The van der Waals surface area contributed by atoms with Crippen molar-refractivity contribution in [2.45, 2.75) is 39.2 Å². The number of aromatic nitrogens is 1. The lowest BCUT2D eigenvalue weighted by atomic mass is 9.88. The lowest BCUT2D eigenvalue weighted by molar-refractivity contribution is 0.112. The fraction of sp³-hybridized carbons (Fsp3) is 0.583. The number of nitrogens with one attached hydrogen (secondary N) is 2. The summed E-state index contributed by atoms with van der Waals surface area (Å²) >= 11 is 0. The summed E-state index contributed by atoms with van der Waals surface area (Å²) in [6.07, 6.45) is 1.98. The number of aldehydes is 1. The Balaban J connectivity index is 2.56. The zero-order valence-corrected chi connectivity index (χ0v) is 9.61. The second-order valence-electron chi connectivity index (χ2n) is 5.17. The van der Waals surface area contributed by atoms with Gasteiger partial charge in [-0.1, -0.05) is 20.8 Å². The Hall–Kier alpha value is -1.09. The zero-order chi connectivity index (χ0) is 11.1. The van der Waals surface area contributed by atoms with E-state index in [-0.39, 0.29) is 5.41 Å². The lowest BCUT2D eigenvalue weighted by Gasteiger charge is -2.17. The van der Waals surface area contributed by atoms with Crippen LogP contribution in [0.1, 0.15) is 48.1 Å². The molecule has 0 spiro atoms. The van der Waals surface area contributed by atoms with Crippen molar-refractivity contribution in [3.05, 3.63) is 22.5 Å². The molecule has 15 heavy (non-hydrogen) atoms. The minimum atomic E-state index is 0.00752. The van der Waals surface area contributed by atoms with E-state index in [1.807, 2.05) is 0 Å². The molecule has 0 aromatic carbocycles. The van der Waals surface area contributed by atoms with Gasteiger partial charge in [0.2, 0.25) is 0 Å². The molecule has 0 saturated heterocycles. The molecule has 82 valence electrons. The topological polar surface area (TPSA) is 44.9 Å². The number of rotatable bonds is 1. The zero-order valence-electron chi connectivity index (χ0n) is 9.61. The fourth-order valence-corrected chi connectivity index (χ4v) is 2.17. The molecule has 0 atom stereocenters. The summed E-state index contributed by atoms with van der Waals surface area (Å²) in [5, 5.41) is 3.30. The summed E-state index contributed by atoms with van der Waals surface area (Å²) in [6.45, 7) is 8.20. The molecule has 3 nitrogen and oxygen atoms in total. The summed E-state index contributed by atoms with van der Waals surface area (Å²) in [4.78, 5) is 14.6. The Morgan fingerprint density at radius 3 is 2.67 bits per heavy atom. The van der Waals surface area contributed by atoms with Crippen molar-refractivity contribution < 1.29 is 4.79 Å². The van der Waals surface area contributed by atoms with Crippen LogP contribution in [0, 0.1) is 0 Å². The molecule has 1 aromatic rings. The Morgan fingerprint density at radius 1 is 1.33 bits per heavy atom. The number of H-pyrrole nitrogens is 1. The second-order valence-corrected chi connectivity index (χ2v) is 5.17. The van der Waals surface area contributed by atoms with Crippen LogP contribution in [0.15, 0.2) is 0 Å². The van der Waals surface area contributed by atoms with Gasteiger partial charge in [-0.05, 0) is 5.56 Å². The van der Waals surface area contributed by atoms with Crippen molar-refractivity contribution in [1.29, 1.82) is 0 Å². The monoisotopic (exact) mass is 206 g/mol. The SMILES string of the molecule is CC(C)(C)c1[nH]c2c(c1C=O)CNCC2. The molecular weight excluding hydrogens is 188 g/mol. The number of carbonyl (C=O) groups is 1. The molecule has 2 heterocycles. The highest BCUT2D eigenvalue weighted by Gasteiger charge is 2.26. The van der Waals surface area contributed by atoms with Crippen molar-refractivity contribution >= 4 is 6.29 Å². The van der Waals surface area contributed by atoms with E-state index in [0.29, 0.717) is 0 Å². The highest BCUT2D eigenvalue weighted by atomic mass is 16.1. The Labute approximate surface area is 90.3 Å². The molecule has 0 aliphatic carbocycles. The first kappa shape index (κ1) is 10.4. The van der Waals surface area contributed by atoms with Gasteiger partial charge in [0.1, 0.15) is 0 Å². The van der Waals surface area contributed by atoms with Crippen LogP contribution in [-0.4, -0.2) is 17.8 Å². The molecule has 0 radical (unpaired) electrons. The van der Waals surface area contributed by atoms with Crippen LogP contribution in [0.4, 0.5) is 0 Å². The van der Waals surface area contributed by atoms with Crippen LogP contribution in [0.3, 0.4) is 0 Å². The molecule has 1 aliphatic rings. The maximum Gasteiger partial charge on any atom is 0.152 e. The molecule has 3 heteroatoms. The number of aromatic amines is 1. The van der Waals surface area contributed by atoms with Crippen LogP contribution < -0.4 is 5.32 Å². The van der Waals surface area contributed by atoms with Gasteiger partial charge in [0.15, 0.2) is 6.29 Å². The van der Waals surface area contributed by atoms with Crippen LogP contribution in [-0.2, 0) is 18.4 Å². The predicted octanol–water partition coefficient (Wildman–Crippen LogP) is 1.77. The van der Waals surface area contributed by atoms with Crippen molar-refractivity contribution in [1.82, 2.24) is 10.3 Å². The molecular formula is C12H18N2O. The second kappa shape index (κ2) is 3.49. The standard InChI is InChI=1S/C12H18N2O/c1-12(2,3)11-9(7-15)8-6-13-5-4-10(8)14-11/h7,13-14H,4-6H2,1-3H3. The molecule has 2 rings (SSSR count). The van der Waals surface area contributed by atoms with E-state index in [2.05, 4.69) is 31.1 Å². The molecule has 0 amide bonds. The van der Waals surface area contributed by atoms with E-state index in [9.17, 15) is 4.79 Å². The van der Waals surface area contributed by atoms with Gasteiger partial charge in [0, 0.05) is 41.9 Å². The summed E-state index contributed by atoms with van der Waals surface area (Å²) in [5.74, 6) is 0. The first-order valence-corrected chi connectivity index (χ1v) is 5.44. The first-order chi connectivity index (χ1) is 7.04. The van der Waals surface area contributed by atoms with Crippen molar-refractivity contribution in [2.75, 3.05) is 6.54 Å². The van der Waals surface area contributed by atoms with E-state index in [4.69, 9.17) is 0 Å². The Bertz CT molecular complexity index is 385. The Morgan fingerprint density at radius 2 is 2.07 bits per heavy atom. The number of hydrogen-bond acceptors (Lipinski definition) is 2. The minimum Gasteiger partial charge on any atom is -0.361 e. The highest BCUT2D eigenvalue weighted by molar-refractivity contribution is 5.81. The third-order valence-electron chi connectivity index (χ3n) is 2.96. The third kappa shape index (κ3) is 1.72. The van der Waals surface area contributed by atoms with Crippen molar-refractivity contribution in [2.24, 2.45) is 0 Å². The van der Waals surface area contributed by atoms with Crippen LogP contribution >= 0.6 is 0 Å². The van der Waals surface area contributed by atoms with Gasteiger partial charge in [-0.2, -0.15) is 0 Å². The molecule has 0 unspecified atom stereocenters. The summed E-state index contributed by atoms with van der Waals surface area (Å²) in [5.41, 5.74) is 4.35. The average molecular weight is 206 g/mol. The quantitative estimate of drug-likeness (QED) is 0.688. The smallest absolute Gasteiger partial charge is 0.152 e. The molecule has 0 bridgehead atoms. The van der Waals surface area contributed by atoms with Gasteiger partial charge in [-0.25, -0.2) is 0 Å². The van der Waals surface area contributed by atoms with Crippen LogP contribution in [0.25, 0.3) is 0 Å². The molecule has 1 aromatic heterocycles. The van der Waals surface area contributed by atoms with Crippen molar-refractivity contribution in [3.8, 4) is 0 Å². The maximum atomic E-state index is 11.2. The minimum absolute atomic E-state index is 0.00752. The third-order valence-corrected chi connectivity index (χ3v) is 2.96. The van der Waals surface area contributed by atoms with Crippen LogP contribution in [0.2, 0.25) is 0 Å². The highest BCUT2D eigenvalue weighted by Crippen LogP contribution is 2.29. The fourth-order valence-electron chi connectivity index (χ4n) is 2.17. The van der Waals surface area contributed by atoms with E-state index in [1.54, 1.807) is 0 Å². The van der Waals surface area contributed by atoms with Gasteiger partial charge >= 0.3 is 0 Å². The molecule has 0 saturated carbocycles. The van der Waals surface area contributed by atoms with Crippen molar-refractivity contribution in [3.63, 3.8) is 0 Å².